The van der Waals surface area contributed by atoms with Gasteiger partial charge in [0.05, 0.1) is 66.7 Å². The number of para-hydroxylation sites is 7. The van der Waals surface area contributed by atoms with E-state index in [0.29, 0.717) is 11.4 Å². The van der Waals surface area contributed by atoms with Gasteiger partial charge in [-0.25, -0.2) is 9.97 Å². The van der Waals surface area contributed by atoms with Gasteiger partial charge in [-0.15, -0.1) is 0 Å². The Morgan fingerprint density at radius 1 is 0.316 bits per heavy atom. The summed E-state index contributed by atoms with van der Waals surface area (Å²) in [6, 6.07) is 90.7. The zero-order valence-electron chi connectivity index (χ0n) is 40.8. The first kappa shape index (κ1) is 42.0. The summed E-state index contributed by atoms with van der Waals surface area (Å²) in [5.74, 6) is 0.629. The number of hydrogen-bond donors (Lipinski definition) is 0. The van der Waals surface area contributed by atoms with E-state index in [1.54, 1.807) is 0 Å². The molecule has 0 atom stereocenters. The summed E-state index contributed by atoms with van der Waals surface area (Å²) >= 11 is 0. The fourth-order valence-electron chi connectivity index (χ4n) is 12.4. The highest BCUT2D eigenvalue weighted by Crippen LogP contribution is 2.46. The van der Waals surface area contributed by atoms with Gasteiger partial charge in [-0.1, -0.05) is 164 Å². The zero-order valence-corrected chi connectivity index (χ0v) is 40.8. The van der Waals surface area contributed by atoms with Crippen molar-refractivity contribution in [2.24, 2.45) is 0 Å². The summed E-state index contributed by atoms with van der Waals surface area (Å²) in [6.45, 7) is 0. The molecule has 0 spiro atoms. The molecule has 11 aromatic carbocycles. The Hall–Kier alpha value is -10.6. The van der Waals surface area contributed by atoms with E-state index in [9.17, 15) is 5.26 Å². The number of benzene rings is 11. The van der Waals surface area contributed by atoms with Gasteiger partial charge in [0, 0.05) is 71.0 Å². The Bertz CT molecular complexity index is 5110. The molecule has 0 fully saturated rings. The first-order chi connectivity index (χ1) is 37.7. The first-order valence-corrected chi connectivity index (χ1v) is 25.6. The number of hydrogen-bond acceptors (Lipinski definition) is 3. The molecule has 16 rings (SSSR count). The molecule has 76 heavy (non-hydrogen) atoms. The molecule has 0 aliphatic rings. The second-order valence-corrected chi connectivity index (χ2v) is 19.6. The molecule has 7 nitrogen and oxygen atoms in total. The van der Waals surface area contributed by atoms with E-state index >= 15 is 0 Å². The molecule has 16 aromatic rings. The lowest BCUT2D eigenvalue weighted by Gasteiger charge is -2.19. The molecular weight excluding hydrogens is 927 g/mol. The van der Waals surface area contributed by atoms with Crippen LogP contribution in [-0.4, -0.2) is 28.2 Å². The second kappa shape index (κ2) is 16.2. The molecule has 0 bridgehead atoms. The molecule has 7 heteroatoms. The van der Waals surface area contributed by atoms with Crippen LogP contribution in [0.1, 0.15) is 5.56 Å². The summed E-state index contributed by atoms with van der Waals surface area (Å²) in [5, 5.41) is 22.0. The van der Waals surface area contributed by atoms with Gasteiger partial charge in [-0.05, 0) is 84.9 Å². The second-order valence-electron chi connectivity index (χ2n) is 19.6. The Kier molecular flexibility index (Phi) is 8.97. The third-order valence-corrected chi connectivity index (χ3v) is 15.6. The SMILES string of the molecule is N#Cc1c(-n2c3ccccc3c3cc4c(cc32)c2ccccc2n4-c2ccccc2)cc(-c2nc(-c3ccccc3)nc3ccccc23)cc1-n1c2ccccc2c2c1ccc1c3ccccc3n(-c3ccccc3)c12. The van der Waals surface area contributed by atoms with E-state index in [1.807, 2.05) is 24.3 Å². The largest absolute Gasteiger partial charge is 0.309 e. The first-order valence-electron chi connectivity index (χ1n) is 25.6. The van der Waals surface area contributed by atoms with Crippen molar-refractivity contribution >= 4 is 98.1 Å². The fraction of sp³-hybridized carbons (Fsp3) is 0. The van der Waals surface area contributed by atoms with Crippen LogP contribution in [0.5, 0.6) is 0 Å². The van der Waals surface area contributed by atoms with Crippen LogP contribution >= 0.6 is 0 Å². The quantitative estimate of drug-likeness (QED) is 0.167. The normalized spacial score (nSPS) is 11.9. The monoisotopic (exact) mass is 967 g/mol. The van der Waals surface area contributed by atoms with E-state index in [1.165, 1.54) is 5.39 Å². The van der Waals surface area contributed by atoms with E-state index in [0.717, 1.165) is 132 Å². The number of nitriles is 1. The van der Waals surface area contributed by atoms with Crippen LogP contribution in [0, 0.1) is 11.3 Å². The van der Waals surface area contributed by atoms with E-state index in [-0.39, 0.29) is 0 Å². The van der Waals surface area contributed by atoms with Crippen LogP contribution in [0.4, 0.5) is 0 Å². The highest BCUT2D eigenvalue weighted by molar-refractivity contribution is 6.26. The minimum atomic E-state index is 0.534. The Morgan fingerprint density at radius 2 is 0.776 bits per heavy atom. The number of rotatable bonds is 6. The Morgan fingerprint density at radius 3 is 1.39 bits per heavy atom. The predicted octanol–water partition coefficient (Wildman–Crippen LogP) is 17.2. The van der Waals surface area contributed by atoms with Crippen molar-refractivity contribution in [1.82, 2.24) is 28.2 Å². The van der Waals surface area contributed by atoms with Crippen LogP contribution in [0.15, 0.2) is 249 Å². The van der Waals surface area contributed by atoms with E-state index in [4.69, 9.17) is 9.97 Å². The number of nitrogens with zero attached hydrogens (tertiary/aromatic N) is 7. The molecule has 0 saturated heterocycles. The lowest BCUT2D eigenvalue weighted by Crippen LogP contribution is -2.06. The lowest BCUT2D eigenvalue weighted by molar-refractivity contribution is 1.11. The van der Waals surface area contributed by atoms with Gasteiger partial charge in [0.25, 0.3) is 0 Å². The molecule has 0 aliphatic heterocycles. The van der Waals surface area contributed by atoms with Gasteiger partial charge in [0.2, 0.25) is 0 Å². The highest BCUT2D eigenvalue weighted by atomic mass is 15.0. The van der Waals surface area contributed by atoms with Crippen LogP contribution in [0.3, 0.4) is 0 Å². The maximum atomic E-state index is 12.1. The molecule has 0 radical (unpaired) electrons. The van der Waals surface area contributed by atoms with Gasteiger partial charge in [-0.3, -0.25) is 0 Å². The molecule has 0 aliphatic carbocycles. The topological polar surface area (TPSA) is 69.3 Å². The van der Waals surface area contributed by atoms with E-state index in [2.05, 4.69) is 249 Å². The molecule has 0 unspecified atom stereocenters. The average molecular weight is 968 g/mol. The predicted molar refractivity (Wildman–Crippen MR) is 312 cm³/mol. The highest BCUT2D eigenvalue weighted by Gasteiger charge is 2.27. The summed E-state index contributed by atoms with van der Waals surface area (Å²) in [7, 11) is 0. The summed E-state index contributed by atoms with van der Waals surface area (Å²) in [4.78, 5) is 10.6. The van der Waals surface area contributed by atoms with Crippen LogP contribution in [-0.2, 0) is 0 Å². The van der Waals surface area contributed by atoms with Crippen molar-refractivity contribution in [2.45, 2.75) is 0 Å². The van der Waals surface area contributed by atoms with Gasteiger partial charge < -0.3 is 18.3 Å². The van der Waals surface area contributed by atoms with Crippen molar-refractivity contribution < 1.29 is 0 Å². The maximum absolute atomic E-state index is 12.1. The molecule has 0 saturated carbocycles. The van der Waals surface area contributed by atoms with Crippen molar-refractivity contribution in [3.05, 3.63) is 254 Å². The molecular formula is C69H41N7. The third-order valence-electron chi connectivity index (χ3n) is 15.6. The van der Waals surface area contributed by atoms with Gasteiger partial charge in [-0.2, -0.15) is 5.26 Å². The van der Waals surface area contributed by atoms with Crippen LogP contribution in [0.25, 0.3) is 144 Å². The number of aromatic nitrogens is 6. The van der Waals surface area contributed by atoms with E-state index < -0.39 is 0 Å². The maximum Gasteiger partial charge on any atom is 0.160 e. The smallest absolute Gasteiger partial charge is 0.160 e. The molecule has 0 amide bonds. The van der Waals surface area contributed by atoms with Crippen molar-refractivity contribution in [3.63, 3.8) is 0 Å². The zero-order chi connectivity index (χ0) is 50.0. The lowest BCUT2D eigenvalue weighted by atomic mass is 10.00. The van der Waals surface area contributed by atoms with Gasteiger partial charge in [0.15, 0.2) is 5.82 Å². The Labute approximate surface area is 435 Å². The fourth-order valence-corrected chi connectivity index (χ4v) is 12.4. The molecule has 5 heterocycles. The minimum absolute atomic E-state index is 0.534. The van der Waals surface area contributed by atoms with Crippen molar-refractivity contribution in [1.29, 1.82) is 5.26 Å². The van der Waals surface area contributed by atoms with Crippen LogP contribution in [0.2, 0.25) is 0 Å². The summed E-state index contributed by atoms with van der Waals surface area (Å²) in [6.07, 6.45) is 0. The molecule has 5 aromatic heterocycles. The summed E-state index contributed by atoms with van der Waals surface area (Å²) in [5.41, 5.74) is 16.1. The molecule has 0 N–H and O–H groups in total. The van der Waals surface area contributed by atoms with Gasteiger partial charge in [0.1, 0.15) is 11.6 Å². The van der Waals surface area contributed by atoms with Crippen LogP contribution < -0.4 is 0 Å². The van der Waals surface area contributed by atoms with Crippen molar-refractivity contribution in [3.8, 4) is 51.5 Å². The Balaban J connectivity index is 1.07. The van der Waals surface area contributed by atoms with Gasteiger partial charge >= 0.3 is 0 Å². The average Bonchev–Trinajstić information content (AvgIpc) is 4.27. The number of fused-ring (bicyclic) bond motifs is 14. The minimum Gasteiger partial charge on any atom is -0.309 e. The third kappa shape index (κ3) is 5.98. The standard InChI is InChI=1S/C69H41N7/c70-42-55-62(75-60-35-19-14-30-52(60)66-61(75)37-36-50-47-26-11-17-33-58(47)74(68(50)66)46-24-8-3-9-25-46)38-44(67-51-29-10-15-31-56(51)71-69(72-67)43-20-4-1-5-21-43)39-63(55)76-59-34-18-13-28-49(59)54-40-64-53(41-65(54)76)48-27-12-16-32-57(48)73(64)45-22-6-2-7-23-45/h1-41H. The van der Waals surface area contributed by atoms with Crippen molar-refractivity contribution in [2.75, 3.05) is 0 Å². The summed E-state index contributed by atoms with van der Waals surface area (Å²) < 4.78 is 9.42. The molecule has 352 valence electrons.